The van der Waals surface area contributed by atoms with Crippen LogP contribution in [0.2, 0.25) is 5.02 Å². The molecular weight excluding hydrogens is 460 g/mol. The first-order chi connectivity index (χ1) is 16.4. The van der Waals surface area contributed by atoms with Gasteiger partial charge in [-0.1, -0.05) is 41.9 Å². The van der Waals surface area contributed by atoms with Gasteiger partial charge in [0, 0.05) is 28.2 Å². The van der Waals surface area contributed by atoms with Crippen LogP contribution in [0.1, 0.15) is 10.4 Å². The SMILES string of the molecule is COc1ccc(Cl)cc1N=Nc1c(O)c(C(=O)Nc2cccc([N+](=O)[O-])c2)cc2ccccc12. The lowest BCUT2D eigenvalue weighted by atomic mass is 10.0. The molecule has 0 spiro atoms. The van der Waals surface area contributed by atoms with E-state index in [9.17, 15) is 20.0 Å². The Balaban J connectivity index is 1.77. The fraction of sp³-hybridized carbons (Fsp3) is 0.0417. The smallest absolute Gasteiger partial charge is 0.271 e. The van der Waals surface area contributed by atoms with Crippen LogP contribution in [0, 0.1) is 10.1 Å². The van der Waals surface area contributed by atoms with Gasteiger partial charge in [-0.2, -0.15) is 0 Å². The molecule has 0 aromatic heterocycles. The average Bonchev–Trinajstić information content (AvgIpc) is 2.83. The molecule has 170 valence electrons. The molecule has 0 aliphatic carbocycles. The Morgan fingerprint density at radius 3 is 2.62 bits per heavy atom. The summed E-state index contributed by atoms with van der Waals surface area (Å²) < 4.78 is 5.27. The molecule has 0 aliphatic heterocycles. The lowest BCUT2D eigenvalue weighted by Gasteiger charge is -2.11. The number of phenols is 1. The maximum atomic E-state index is 13.0. The van der Waals surface area contributed by atoms with Crippen LogP contribution in [0.25, 0.3) is 10.8 Å². The number of nitrogens with zero attached hydrogens (tertiary/aromatic N) is 3. The number of hydrogen-bond donors (Lipinski definition) is 2. The number of halogens is 1. The molecule has 9 nitrogen and oxygen atoms in total. The quantitative estimate of drug-likeness (QED) is 0.180. The first-order valence-electron chi connectivity index (χ1n) is 9.93. The maximum absolute atomic E-state index is 13.0. The van der Waals surface area contributed by atoms with Crippen LogP contribution in [0.3, 0.4) is 0 Å². The summed E-state index contributed by atoms with van der Waals surface area (Å²) in [6.07, 6.45) is 0. The molecule has 2 N–H and O–H groups in total. The molecule has 0 atom stereocenters. The molecule has 0 saturated heterocycles. The van der Waals surface area contributed by atoms with Gasteiger partial charge in [0.1, 0.15) is 17.1 Å². The fourth-order valence-corrected chi connectivity index (χ4v) is 3.50. The third-order valence-electron chi connectivity index (χ3n) is 4.95. The lowest BCUT2D eigenvalue weighted by Crippen LogP contribution is -2.12. The number of carbonyl (C=O) groups excluding carboxylic acids is 1. The molecule has 0 saturated carbocycles. The zero-order chi connectivity index (χ0) is 24.2. The number of non-ortho nitro benzene ring substituents is 1. The van der Waals surface area contributed by atoms with E-state index in [4.69, 9.17) is 16.3 Å². The van der Waals surface area contributed by atoms with Gasteiger partial charge < -0.3 is 15.2 Å². The third-order valence-corrected chi connectivity index (χ3v) is 5.19. The largest absolute Gasteiger partial charge is 0.505 e. The number of rotatable bonds is 6. The summed E-state index contributed by atoms with van der Waals surface area (Å²) in [6, 6.07) is 18.9. The summed E-state index contributed by atoms with van der Waals surface area (Å²) in [4.78, 5) is 23.4. The number of aromatic hydroxyl groups is 1. The van der Waals surface area contributed by atoms with Gasteiger partial charge in [-0.3, -0.25) is 14.9 Å². The molecule has 34 heavy (non-hydrogen) atoms. The lowest BCUT2D eigenvalue weighted by molar-refractivity contribution is -0.384. The number of ether oxygens (including phenoxy) is 1. The van der Waals surface area contributed by atoms with Crippen LogP contribution in [0.4, 0.5) is 22.7 Å². The number of nitrogens with one attached hydrogen (secondary N) is 1. The first-order valence-corrected chi connectivity index (χ1v) is 10.3. The number of fused-ring (bicyclic) bond motifs is 1. The summed E-state index contributed by atoms with van der Waals surface area (Å²) in [6.45, 7) is 0. The highest BCUT2D eigenvalue weighted by Gasteiger charge is 2.19. The molecule has 4 rings (SSSR count). The van der Waals surface area contributed by atoms with Crippen molar-refractivity contribution in [1.29, 1.82) is 0 Å². The summed E-state index contributed by atoms with van der Waals surface area (Å²) in [7, 11) is 1.48. The number of anilines is 1. The molecule has 4 aromatic carbocycles. The molecular formula is C24H17ClN4O5. The minimum absolute atomic E-state index is 0.0720. The van der Waals surface area contributed by atoms with E-state index in [-0.39, 0.29) is 22.6 Å². The number of hydrogen-bond acceptors (Lipinski definition) is 7. The van der Waals surface area contributed by atoms with Gasteiger partial charge in [-0.05, 0) is 35.7 Å². The Hall–Kier alpha value is -4.50. The van der Waals surface area contributed by atoms with Gasteiger partial charge >= 0.3 is 0 Å². The van der Waals surface area contributed by atoms with E-state index in [2.05, 4.69) is 15.5 Å². The number of phenolic OH excluding ortho intramolecular Hbond substituents is 1. The fourth-order valence-electron chi connectivity index (χ4n) is 3.33. The third kappa shape index (κ3) is 4.64. The summed E-state index contributed by atoms with van der Waals surface area (Å²) in [5.74, 6) is -0.636. The van der Waals surface area contributed by atoms with E-state index in [0.717, 1.165) is 0 Å². The van der Waals surface area contributed by atoms with Crippen molar-refractivity contribution < 1.29 is 19.6 Å². The highest BCUT2D eigenvalue weighted by atomic mass is 35.5. The first kappa shape index (κ1) is 22.7. The van der Waals surface area contributed by atoms with Crippen molar-refractivity contribution in [3.63, 3.8) is 0 Å². The number of azo groups is 1. The van der Waals surface area contributed by atoms with Crippen LogP contribution < -0.4 is 10.1 Å². The predicted molar refractivity (Wildman–Crippen MR) is 129 cm³/mol. The topological polar surface area (TPSA) is 126 Å². The van der Waals surface area contributed by atoms with Crippen molar-refractivity contribution in [2.45, 2.75) is 0 Å². The second-order valence-electron chi connectivity index (χ2n) is 7.12. The normalized spacial score (nSPS) is 11.0. The van der Waals surface area contributed by atoms with Crippen LogP contribution in [0.5, 0.6) is 11.5 Å². The molecule has 0 aliphatic rings. The minimum Gasteiger partial charge on any atom is -0.505 e. The minimum atomic E-state index is -0.666. The Bertz CT molecular complexity index is 1460. The highest BCUT2D eigenvalue weighted by Crippen LogP contribution is 2.41. The molecule has 1 amide bonds. The van der Waals surface area contributed by atoms with Gasteiger partial charge in [0.2, 0.25) is 0 Å². The van der Waals surface area contributed by atoms with Crippen LogP contribution in [-0.4, -0.2) is 23.0 Å². The van der Waals surface area contributed by atoms with Crippen molar-refractivity contribution in [1.82, 2.24) is 0 Å². The number of methoxy groups -OCH3 is 1. The molecule has 0 unspecified atom stereocenters. The highest BCUT2D eigenvalue weighted by molar-refractivity contribution is 6.30. The zero-order valence-electron chi connectivity index (χ0n) is 17.7. The van der Waals surface area contributed by atoms with Gasteiger partial charge in [-0.15, -0.1) is 10.2 Å². The summed E-state index contributed by atoms with van der Waals surface area (Å²) >= 11 is 6.05. The van der Waals surface area contributed by atoms with Gasteiger partial charge in [0.15, 0.2) is 5.75 Å². The van der Waals surface area contributed by atoms with E-state index in [1.165, 1.54) is 37.4 Å². The molecule has 0 bridgehead atoms. The van der Waals surface area contributed by atoms with Crippen molar-refractivity contribution in [2.24, 2.45) is 10.2 Å². The van der Waals surface area contributed by atoms with E-state index in [1.807, 2.05) is 0 Å². The van der Waals surface area contributed by atoms with Crippen molar-refractivity contribution in [3.8, 4) is 11.5 Å². The summed E-state index contributed by atoms with van der Waals surface area (Å²) in [5.41, 5.74) is 0.371. The average molecular weight is 477 g/mol. The zero-order valence-corrected chi connectivity index (χ0v) is 18.5. The molecule has 10 heteroatoms. The number of carbonyl (C=O) groups is 1. The second-order valence-corrected chi connectivity index (χ2v) is 7.56. The Kier molecular flexibility index (Phi) is 6.37. The van der Waals surface area contributed by atoms with Crippen LogP contribution >= 0.6 is 11.6 Å². The number of benzene rings is 4. The molecule has 0 fully saturated rings. The standard InChI is InChI=1S/C24H17ClN4O5/c1-34-21-10-9-15(25)12-20(21)27-28-22-18-8-3-2-5-14(18)11-19(23(22)30)24(31)26-16-6-4-7-17(13-16)29(32)33/h2-13,30H,1H3,(H,26,31). The number of amides is 1. The maximum Gasteiger partial charge on any atom is 0.271 e. The van der Waals surface area contributed by atoms with Crippen molar-refractivity contribution in [2.75, 3.05) is 12.4 Å². The second kappa shape index (κ2) is 9.55. The predicted octanol–water partition coefficient (Wildman–Crippen LogP) is 6.78. The van der Waals surface area contributed by atoms with Crippen LogP contribution in [0.15, 0.2) is 83.0 Å². The van der Waals surface area contributed by atoms with E-state index < -0.39 is 16.6 Å². The van der Waals surface area contributed by atoms with Crippen molar-refractivity contribution in [3.05, 3.63) is 93.5 Å². The monoisotopic (exact) mass is 476 g/mol. The Morgan fingerprint density at radius 1 is 1.06 bits per heavy atom. The van der Waals surface area contributed by atoms with E-state index >= 15 is 0 Å². The van der Waals surface area contributed by atoms with Crippen molar-refractivity contribution >= 4 is 51.0 Å². The molecule has 4 aromatic rings. The van der Waals surface area contributed by atoms with Gasteiger partial charge in [-0.25, -0.2) is 0 Å². The van der Waals surface area contributed by atoms with E-state index in [1.54, 1.807) is 42.5 Å². The summed E-state index contributed by atoms with van der Waals surface area (Å²) in [5, 5.41) is 34.6. The van der Waals surface area contributed by atoms with Gasteiger partial charge in [0.05, 0.1) is 17.6 Å². The Labute approximate surface area is 198 Å². The number of nitro groups is 1. The number of nitro benzene ring substituents is 1. The molecule has 0 radical (unpaired) electrons. The molecule has 0 heterocycles. The van der Waals surface area contributed by atoms with Gasteiger partial charge in [0.25, 0.3) is 11.6 Å². The van der Waals surface area contributed by atoms with Crippen LogP contribution in [-0.2, 0) is 0 Å². The Morgan fingerprint density at radius 2 is 1.85 bits per heavy atom. The van der Waals surface area contributed by atoms with E-state index in [0.29, 0.717) is 27.2 Å².